The molecule has 2 rings (SSSR count). The molecule has 0 aromatic rings. The summed E-state index contributed by atoms with van der Waals surface area (Å²) in [6.07, 6.45) is 0.610. The quantitative estimate of drug-likeness (QED) is 0.676. The van der Waals surface area contributed by atoms with Crippen LogP contribution in [0.25, 0.3) is 0 Å². The largest absolute Gasteiger partial charge is 0.378 e. The third kappa shape index (κ3) is 4.15. The molecule has 2 aliphatic rings. The Morgan fingerprint density at radius 1 is 1.21 bits per heavy atom. The molecular formula is C12H22N2O4S. The number of nitrogens with zero attached hydrogens (tertiary/aromatic N) is 2. The first kappa shape index (κ1) is 14.7. The predicted octanol–water partition coefficient (Wildman–Crippen LogP) is -0.646. The maximum Gasteiger partial charge on any atom is 0.236 e. The molecule has 2 aliphatic heterocycles. The lowest BCUT2D eigenvalue weighted by molar-refractivity contribution is -0.136. The normalized spacial score (nSPS) is 28.9. The average molecular weight is 290 g/mol. The van der Waals surface area contributed by atoms with Crippen molar-refractivity contribution >= 4 is 15.7 Å². The second-order valence-corrected chi connectivity index (χ2v) is 7.56. The molecule has 7 heteroatoms. The third-order valence-corrected chi connectivity index (χ3v) is 5.52. The van der Waals surface area contributed by atoms with Gasteiger partial charge in [0.25, 0.3) is 0 Å². The van der Waals surface area contributed by atoms with Crippen molar-refractivity contribution in [3.63, 3.8) is 0 Å². The van der Waals surface area contributed by atoms with E-state index < -0.39 is 9.84 Å². The molecule has 1 atom stereocenters. The fourth-order valence-corrected chi connectivity index (χ4v) is 3.85. The van der Waals surface area contributed by atoms with Gasteiger partial charge in [0.2, 0.25) is 5.91 Å². The summed E-state index contributed by atoms with van der Waals surface area (Å²) in [5.41, 5.74) is 0. The van der Waals surface area contributed by atoms with Crippen molar-refractivity contribution in [1.29, 1.82) is 0 Å². The van der Waals surface area contributed by atoms with Gasteiger partial charge in [-0.25, -0.2) is 8.42 Å². The predicted molar refractivity (Wildman–Crippen MR) is 71.7 cm³/mol. The topological polar surface area (TPSA) is 66.9 Å². The molecule has 1 unspecified atom stereocenters. The molecule has 1 amide bonds. The van der Waals surface area contributed by atoms with Gasteiger partial charge >= 0.3 is 0 Å². The summed E-state index contributed by atoms with van der Waals surface area (Å²) in [6.45, 7) is 5.23. The van der Waals surface area contributed by atoms with Gasteiger partial charge in [0.15, 0.2) is 9.84 Å². The van der Waals surface area contributed by atoms with Gasteiger partial charge in [-0.1, -0.05) is 0 Å². The Hall–Kier alpha value is -0.660. The zero-order valence-corrected chi connectivity index (χ0v) is 12.2. The van der Waals surface area contributed by atoms with Crippen LogP contribution in [-0.4, -0.2) is 81.1 Å². The molecule has 19 heavy (non-hydrogen) atoms. The lowest BCUT2D eigenvalue weighted by Crippen LogP contribution is -2.47. The van der Waals surface area contributed by atoms with Gasteiger partial charge in [-0.2, -0.15) is 0 Å². The van der Waals surface area contributed by atoms with Crippen LogP contribution in [0.3, 0.4) is 0 Å². The lowest BCUT2D eigenvalue weighted by Gasteiger charge is -2.31. The zero-order valence-electron chi connectivity index (χ0n) is 11.4. The number of hydrogen-bond acceptors (Lipinski definition) is 5. The number of hydrogen-bond donors (Lipinski definition) is 0. The number of amides is 1. The van der Waals surface area contributed by atoms with Crippen molar-refractivity contribution in [2.24, 2.45) is 0 Å². The molecule has 0 aromatic carbocycles. The minimum Gasteiger partial charge on any atom is -0.378 e. The first-order valence-electron chi connectivity index (χ1n) is 6.78. The Bertz CT molecular complexity index is 417. The van der Waals surface area contributed by atoms with Crippen molar-refractivity contribution in [2.45, 2.75) is 19.4 Å². The van der Waals surface area contributed by atoms with E-state index >= 15 is 0 Å². The number of carbonyl (C=O) groups excluding carboxylic acids is 1. The maximum atomic E-state index is 12.2. The van der Waals surface area contributed by atoms with E-state index in [1.165, 1.54) is 0 Å². The third-order valence-electron chi connectivity index (χ3n) is 3.86. The molecule has 2 heterocycles. The molecule has 0 bridgehead atoms. The average Bonchev–Trinajstić information content (AvgIpc) is 2.53. The molecule has 0 radical (unpaired) electrons. The second-order valence-electron chi connectivity index (χ2n) is 5.25. The summed E-state index contributed by atoms with van der Waals surface area (Å²) in [7, 11) is -2.93. The highest BCUT2D eigenvalue weighted by atomic mass is 32.2. The highest BCUT2D eigenvalue weighted by Crippen LogP contribution is 2.12. The van der Waals surface area contributed by atoms with E-state index in [9.17, 15) is 13.2 Å². The van der Waals surface area contributed by atoms with E-state index in [1.807, 2.05) is 11.8 Å². The number of carbonyl (C=O) groups is 1. The van der Waals surface area contributed by atoms with E-state index in [1.54, 1.807) is 4.90 Å². The number of sulfone groups is 1. The first-order chi connectivity index (χ1) is 8.98. The van der Waals surface area contributed by atoms with Crippen LogP contribution in [0.15, 0.2) is 0 Å². The molecular weight excluding hydrogens is 268 g/mol. The van der Waals surface area contributed by atoms with Crippen LogP contribution in [0.4, 0.5) is 0 Å². The Morgan fingerprint density at radius 3 is 2.58 bits per heavy atom. The van der Waals surface area contributed by atoms with Crippen LogP contribution >= 0.6 is 0 Å². The van der Waals surface area contributed by atoms with Crippen LogP contribution in [0.2, 0.25) is 0 Å². The molecule has 2 fully saturated rings. The Kier molecular flexibility index (Phi) is 4.81. The van der Waals surface area contributed by atoms with Crippen molar-refractivity contribution in [3.8, 4) is 0 Å². The van der Waals surface area contributed by atoms with E-state index in [0.717, 1.165) is 0 Å². The van der Waals surface area contributed by atoms with Crippen LogP contribution in [0, 0.1) is 0 Å². The standard InChI is InChI=1S/C12H22N2O4S/c1-11-2-8-19(16,17)9-5-14(11)10-12(15)13-3-6-18-7-4-13/h11H,2-10H2,1H3. The maximum absolute atomic E-state index is 12.2. The Balaban J connectivity index is 1.91. The molecule has 0 N–H and O–H groups in total. The number of morpholine rings is 1. The van der Waals surface area contributed by atoms with Gasteiger partial charge in [0.1, 0.15) is 0 Å². The minimum atomic E-state index is -2.93. The Morgan fingerprint density at radius 2 is 1.89 bits per heavy atom. The van der Waals surface area contributed by atoms with Gasteiger partial charge in [-0.15, -0.1) is 0 Å². The van der Waals surface area contributed by atoms with E-state index in [4.69, 9.17) is 4.74 Å². The fourth-order valence-electron chi connectivity index (χ4n) is 2.43. The lowest BCUT2D eigenvalue weighted by atomic mass is 10.2. The van der Waals surface area contributed by atoms with Crippen molar-refractivity contribution in [2.75, 3.05) is 50.9 Å². The molecule has 110 valence electrons. The summed E-state index contributed by atoms with van der Waals surface area (Å²) in [4.78, 5) is 16.0. The van der Waals surface area contributed by atoms with Gasteiger partial charge < -0.3 is 9.64 Å². The van der Waals surface area contributed by atoms with Crippen molar-refractivity contribution in [1.82, 2.24) is 9.80 Å². The SMILES string of the molecule is CC1CCS(=O)(=O)CCN1CC(=O)N1CCOCC1. The van der Waals surface area contributed by atoms with Crippen LogP contribution in [0.1, 0.15) is 13.3 Å². The molecule has 2 saturated heterocycles. The smallest absolute Gasteiger partial charge is 0.236 e. The van der Waals surface area contributed by atoms with Crippen LogP contribution < -0.4 is 0 Å². The molecule has 6 nitrogen and oxygen atoms in total. The van der Waals surface area contributed by atoms with Crippen LogP contribution in [-0.2, 0) is 19.4 Å². The van der Waals surface area contributed by atoms with Gasteiger partial charge in [-0.05, 0) is 13.3 Å². The fraction of sp³-hybridized carbons (Fsp3) is 0.917. The molecule has 0 spiro atoms. The van der Waals surface area contributed by atoms with Gasteiger partial charge in [0, 0.05) is 25.7 Å². The summed E-state index contributed by atoms with van der Waals surface area (Å²) < 4.78 is 28.4. The molecule has 0 aliphatic carbocycles. The van der Waals surface area contributed by atoms with Crippen molar-refractivity contribution in [3.05, 3.63) is 0 Å². The highest BCUT2D eigenvalue weighted by molar-refractivity contribution is 7.91. The zero-order chi connectivity index (χ0) is 13.9. The van der Waals surface area contributed by atoms with E-state index in [-0.39, 0.29) is 23.5 Å². The first-order valence-corrected chi connectivity index (χ1v) is 8.60. The minimum absolute atomic E-state index is 0.0782. The summed E-state index contributed by atoms with van der Waals surface area (Å²) >= 11 is 0. The summed E-state index contributed by atoms with van der Waals surface area (Å²) in [5, 5.41) is 0. The summed E-state index contributed by atoms with van der Waals surface area (Å²) in [5.74, 6) is 0.471. The van der Waals surface area contributed by atoms with E-state index in [0.29, 0.717) is 45.8 Å². The van der Waals surface area contributed by atoms with Gasteiger partial charge in [-0.3, -0.25) is 9.69 Å². The number of ether oxygens (including phenoxy) is 1. The van der Waals surface area contributed by atoms with Crippen molar-refractivity contribution < 1.29 is 17.9 Å². The monoisotopic (exact) mass is 290 g/mol. The second kappa shape index (κ2) is 6.19. The van der Waals surface area contributed by atoms with Crippen LogP contribution in [0.5, 0.6) is 0 Å². The summed E-state index contributed by atoms with van der Waals surface area (Å²) in [6, 6.07) is 0.141. The molecule has 0 saturated carbocycles. The highest BCUT2D eigenvalue weighted by Gasteiger charge is 2.27. The van der Waals surface area contributed by atoms with Gasteiger partial charge in [0.05, 0.1) is 31.3 Å². The molecule has 0 aromatic heterocycles. The van der Waals surface area contributed by atoms with E-state index in [2.05, 4.69) is 0 Å². The Labute approximate surface area is 114 Å². The number of rotatable bonds is 2.